The summed E-state index contributed by atoms with van der Waals surface area (Å²) in [5, 5.41) is 5.15. The molecule has 6 nitrogen and oxygen atoms in total. The second kappa shape index (κ2) is 5.98. The van der Waals surface area contributed by atoms with Crippen LogP contribution < -0.4 is 5.32 Å². The third kappa shape index (κ3) is 3.52. The van der Waals surface area contributed by atoms with E-state index < -0.39 is 10.0 Å². The largest absolute Gasteiger partial charge is 0.302 e. The number of carbonyl (C=O) groups excluding carboxylic acids is 1. The average Bonchev–Trinajstić information content (AvgIpc) is 2.91. The molecule has 0 atom stereocenters. The molecule has 0 saturated carbocycles. The molecule has 0 spiro atoms. The van der Waals surface area contributed by atoms with Crippen molar-refractivity contribution in [1.82, 2.24) is 9.29 Å². The number of carbonyl (C=O) groups is 1. The highest BCUT2D eigenvalue weighted by molar-refractivity contribution is 7.89. The van der Waals surface area contributed by atoms with Crippen LogP contribution in [0.25, 0.3) is 0 Å². The molecule has 8 heteroatoms. The quantitative estimate of drug-likeness (QED) is 0.904. The van der Waals surface area contributed by atoms with E-state index in [1.165, 1.54) is 15.6 Å². The summed E-state index contributed by atoms with van der Waals surface area (Å²) in [5.74, 6) is -0.0844. The zero-order valence-electron chi connectivity index (χ0n) is 10.7. The van der Waals surface area contributed by atoms with Crippen LogP contribution in [0.5, 0.6) is 0 Å². The summed E-state index contributed by atoms with van der Waals surface area (Å²) in [7, 11) is -3.13. The molecule has 0 unspecified atom stereocenters. The smallest absolute Gasteiger partial charge is 0.229 e. The predicted molar refractivity (Wildman–Crippen MR) is 74.5 cm³/mol. The molecular weight excluding hydrogens is 286 g/mol. The van der Waals surface area contributed by atoms with Gasteiger partial charge in [0.2, 0.25) is 15.9 Å². The van der Waals surface area contributed by atoms with Gasteiger partial charge in [-0.1, -0.05) is 0 Å². The van der Waals surface area contributed by atoms with Crippen LogP contribution in [-0.4, -0.2) is 42.5 Å². The molecule has 1 N–H and O–H groups in total. The molecule has 0 radical (unpaired) electrons. The summed E-state index contributed by atoms with van der Waals surface area (Å²) in [6.45, 7) is 2.48. The number of hydrogen-bond acceptors (Lipinski definition) is 5. The summed E-state index contributed by atoms with van der Waals surface area (Å²) in [4.78, 5) is 16.0. The van der Waals surface area contributed by atoms with Crippen molar-refractivity contribution in [2.24, 2.45) is 5.92 Å². The maximum Gasteiger partial charge on any atom is 0.229 e. The number of nitrogens with one attached hydrogen (secondary N) is 1. The van der Waals surface area contributed by atoms with E-state index in [9.17, 15) is 13.2 Å². The van der Waals surface area contributed by atoms with Gasteiger partial charge in [0.05, 0.1) is 5.75 Å². The predicted octanol–water partition coefficient (Wildman–Crippen LogP) is 1.14. The lowest BCUT2D eigenvalue weighted by Gasteiger charge is -2.29. The number of aromatic nitrogens is 1. The highest BCUT2D eigenvalue weighted by Gasteiger charge is 2.30. The highest BCUT2D eigenvalue weighted by atomic mass is 32.2. The van der Waals surface area contributed by atoms with Gasteiger partial charge in [0.25, 0.3) is 0 Å². The zero-order valence-corrected chi connectivity index (χ0v) is 12.3. The van der Waals surface area contributed by atoms with E-state index in [0.29, 0.717) is 31.1 Å². The van der Waals surface area contributed by atoms with Crippen LogP contribution in [0.1, 0.15) is 19.8 Å². The molecule has 1 aliphatic rings. The number of piperidine rings is 1. The van der Waals surface area contributed by atoms with Gasteiger partial charge in [-0.05, 0) is 19.8 Å². The first-order valence-electron chi connectivity index (χ1n) is 6.21. The van der Waals surface area contributed by atoms with Crippen LogP contribution in [0.3, 0.4) is 0 Å². The molecule has 1 fully saturated rings. The fourth-order valence-corrected chi connectivity index (χ4v) is 3.74. The molecule has 1 aliphatic heterocycles. The molecule has 0 aromatic carbocycles. The SMILES string of the molecule is CCS(=O)(=O)N1CCC(C(=O)Nc2nccs2)CC1. The molecule has 19 heavy (non-hydrogen) atoms. The molecule has 106 valence electrons. The number of rotatable bonds is 4. The van der Waals surface area contributed by atoms with E-state index in [1.807, 2.05) is 0 Å². The van der Waals surface area contributed by atoms with Crippen molar-refractivity contribution in [3.63, 3.8) is 0 Å². The Bertz CT molecular complexity index is 519. The van der Waals surface area contributed by atoms with Gasteiger partial charge in [-0.2, -0.15) is 0 Å². The van der Waals surface area contributed by atoms with Gasteiger partial charge in [-0.3, -0.25) is 4.79 Å². The average molecular weight is 303 g/mol. The van der Waals surface area contributed by atoms with Crippen LogP contribution in [0.15, 0.2) is 11.6 Å². The lowest BCUT2D eigenvalue weighted by atomic mass is 9.97. The van der Waals surface area contributed by atoms with Gasteiger partial charge in [0, 0.05) is 30.6 Å². The minimum atomic E-state index is -3.13. The fourth-order valence-electron chi connectivity index (χ4n) is 2.07. The minimum absolute atomic E-state index is 0.0662. The summed E-state index contributed by atoms with van der Waals surface area (Å²) >= 11 is 1.37. The molecule has 1 aromatic heterocycles. The van der Waals surface area contributed by atoms with Crippen LogP contribution >= 0.6 is 11.3 Å². The maximum atomic E-state index is 12.0. The van der Waals surface area contributed by atoms with Crippen molar-refractivity contribution in [2.75, 3.05) is 24.2 Å². The van der Waals surface area contributed by atoms with Crippen LogP contribution in [-0.2, 0) is 14.8 Å². The van der Waals surface area contributed by atoms with Gasteiger partial charge in [0.1, 0.15) is 0 Å². The summed E-state index contributed by atoms with van der Waals surface area (Å²) in [6, 6.07) is 0. The van der Waals surface area contributed by atoms with Crippen molar-refractivity contribution >= 4 is 32.4 Å². The van der Waals surface area contributed by atoms with Gasteiger partial charge in [-0.15, -0.1) is 11.3 Å². The number of nitrogens with zero attached hydrogens (tertiary/aromatic N) is 2. The lowest BCUT2D eigenvalue weighted by Crippen LogP contribution is -2.42. The van der Waals surface area contributed by atoms with Crippen molar-refractivity contribution < 1.29 is 13.2 Å². The molecule has 1 amide bonds. The van der Waals surface area contributed by atoms with Gasteiger partial charge in [-0.25, -0.2) is 17.7 Å². The van der Waals surface area contributed by atoms with Crippen molar-refractivity contribution in [3.05, 3.63) is 11.6 Å². The van der Waals surface area contributed by atoms with Crippen molar-refractivity contribution in [3.8, 4) is 0 Å². The number of hydrogen-bond donors (Lipinski definition) is 1. The summed E-state index contributed by atoms with van der Waals surface area (Å²) in [6.07, 6.45) is 2.77. The molecule has 0 bridgehead atoms. The van der Waals surface area contributed by atoms with E-state index in [2.05, 4.69) is 10.3 Å². The molecule has 1 aromatic rings. The second-order valence-electron chi connectivity index (χ2n) is 4.40. The van der Waals surface area contributed by atoms with E-state index in [1.54, 1.807) is 18.5 Å². The standard InChI is InChI=1S/C11H17N3O3S2/c1-2-19(16,17)14-6-3-9(4-7-14)10(15)13-11-12-5-8-18-11/h5,8-9H,2-4,6-7H2,1H3,(H,12,13,15). The normalized spacial score (nSPS) is 18.4. The van der Waals surface area contributed by atoms with Gasteiger partial charge >= 0.3 is 0 Å². The zero-order chi connectivity index (χ0) is 13.9. The minimum Gasteiger partial charge on any atom is -0.302 e. The Morgan fingerprint density at radius 2 is 2.21 bits per heavy atom. The maximum absolute atomic E-state index is 12.0. The van der Waals surface area contributed by atoms with E-state index in [4.69, 9.17) is 0 Å². The van der Waals surface area contributed by atoms with E-state index in [-0.39, 0.29) is 17.6 Å². The topological polar surface area (TPSA) is 79.4 Å². The third-order valence-electron chi connectivity index (χ3n) is 3.25. The first-order valence-corrected chi connectivity index (χ1v) is 8.70. The Balaban J connectivity index is 1.88. The second-order valence-corrected chi connectivity index (χ2v) is 7.55. The third-order valence-corrected chi connectivity index (χ3v) is 5.82. The first-order chi connectivity index (χ1) is 9.03. The van der Waals surface area contributed by atoms with Gasteiger partial charge < -0.3 is 5.32 Å². The Hall–Kier alpha value is -0.990. The fraction of sp³-hybridized carbons (Fsp3) is 0.636. The highest BCUT2D eigenvalue weighted by Crippen LogP contribution is 2.22. The Kier molecular flexibility index (Phi) is 4.54. The molecule has 2 heterocycles. The Labute approximate surface area is 116 Å². The Morgan fingerprint density at radius 1 is 1.53 bits per heavy atom. The number of sulfonamides is 1. The van der Waals surface area contributed by atoms with E-state index in [0.717, 1.165) is 0 Å². The van der Waals surface area contributed by atoms with E-state index >= 15 is 0 Å². The van der Waals surface area contributed by atoms with Crippen molar-refractivity contribution in [2.45, 2.75) is 19.8 Å². The number of amides is 1. The monoisotopic (exact) mass is 303 g/mol. The summed E-state index contributed by atoms with van der Waals surface area (Å²) < 4.78 is 24.9. The van der Waals surface area contributed by atoms with Crippen LogP contribution in [0.4, 0.5) is 5.13 Å². The number of anilines is 1. The van der Waals surface area contributed by atoms with Gasteiger partial charge in [0.15, 0.2) is 5.13 Å². The van der Waals surface area contributed by atoms with Crippen LogP contribution in [0.2, 0.25) is 0 Å². The molecule has 1 saturated heterocycles. The summed E-state index contributed by atoms with van der Waals surface area (Å²) in [5.41, 5.74) is 0. The van der Waals surface area contributed by atoms with Crippen LogP contribution in [0, 0.1) is 5.92 Å². The van der Waals surface area contributed by atoms with Crippen molar-refractivity contribution in [1.29, 1.82) is 0 Å². The lowest BCUT2D eigenvalue weighted by molar-refractivity contribution is -0.120. The molecule has 0 aliphatic carbocycles. The number of thiazole rings is 1. The Morgan fingerprint density at radius 3 is 2.74 bits per heavy atom. The molecular formula is C11H17N3O3S2. The molecule has 2 rings (SSSR count). The first kappa shape index (κ1) is 14.4.